The number of carbonyl (C=O) groups is 1. The van der Waals surface area contributed by atoms with Crippen LogP contribution < -0.4 is 4.74 Å². The molecule has 0 radical (unpaired) electrons. The van der Waals surface area contributed by atoms with Gasteiger partial charge in [-0.3, -0.25) is 9.69 Å². The summed E-state index contributed by atoms with van der Waals surface area (Å²) in [6.07, 6.45) is -0.716. The fourth-order valence-corrected chi connectivity index (χ4v) is 2.81. The Bertz CT molecular complexity index is 515. The number of halogens is 1. The van der Waals surface area contributed by atoms with Gasteiger partial charge in [-0.05, 0) is 24.1 Å². The molecule has 4 nitrogen and oxygen atoms in total. The molecule has 1 saturated heterocycles. The fourth-order valence-electron chi connectivity index (χ4n) is 2.81. The van der Waals surface area contributed by atoms with Gasteiger partial charge in [0.1, 0.15) is 11.9 Å². The van der Waals surface area contributed by atoms with Gasteiger partial charge >= 0.3 is 0 Å². The zero-order valence-electron chi connectivity index (χ0n) is 13.8. The van der Waals surface area contributed by atoms with Crippen LogP contribution in [-0.2, 0) is 0 Å². The summed E-state index contributed by atoms with van der Waals surface area (Å²) in [4.78, 5) is 16.5. The molecule has 1 unspecified atom stereocenters. The Kier molecular flexibility index (Phi) is 5.40. The maximum atomic E-state index is 13.0. The van der Waals surface area contributed by atoms with Crippen molar-refractivity contribution in [1.82, 2.24) is 9.80 Å². The highest BCUT2D eigenvalue weighted by Crippen LogP contribution is 2.20. The van der Waals surface area contributed by atoms with E-state index in [-0.39, 0.29) is 11.9 Å². The first kappa shape index (κ1) is 16.7. The zero-order chi connectivity index (χ0) is 16.3. The molecule has 22 heavy (non-hydrogen) atoms. The highest BCUT2D eigenvalue weighted by Gasteiger charge is 2.32. The van der Waals surface area contributed by atoms with Crippen LogP contribution in [-0.4, -0.2) is 61.7 Å². The lowest BCUT2D eigenvalue weighted by atomic mass is 9.99. The highest BCUT2D eigenvalue weighted by molar-refractivity contribution is 5.94. The van der Waals surface area contributed by atoms with Crippen LogP contribution in [0.4, 0.5) is 4.39 Å². The average Bonchev–Trinajstić information content (AvgIpc) is 2.48. The summed E-state index contributed by atoms with van der Waals surface area (Å²) in [5.74, 6) is 0.941. The molecule has 0 bridgehead atoms. The summed E-state index contributed by atoms with van der Waals surface area (Å²) in [5.41, 5.74) is 0.611. The number of rotatable bonds is 6. The third kappa shape index (κ3) is 3.77. The Morgan fingerprint density at radius 1 is 1.45 bits per heavy atom. The number of ether oxygens (including phenoxy) is 1. The molecule has 1 fully saturated rings. The van der Waals surface area contributed by atoms with E-state index in [0.717, 1.165) is 0 Å². The molecule has 1 aliphatic heterocycles. The molecule has 0 aromatic heterocycles. The standard InChI is InChI=1S/C17H25FN2O2/c1-12(2)16(11-20-9-14(18)10-20)19(3)17(21)13-6-5-7-15(8-13)22-4/h5-8,12,14,16H,9-11H2,1-4H3. The zero-order valence-corrected chi connectivity index (χ0v) is 13.8. The molecule has 1 aliphatic rings. The van der Waals surface area contributed by atoms with Crippen molar-refractivity contribution in [2.45, 2.75) is 26.1 Å². The number of likely N-dealkylation sites (tertiary alicyclic amines) is 1. The number of hydrogen-bond donors (Lipinski definition) is 0. The molecule has 1 amide bonds. The Balaban J connectivity index is 2.08. The predicted molar refractivity (Wildman–Crippen MR) is 85.0 cm³/mol. The lowest BCUT2D eigenvalue weighted by Gasteiger charge is -2.41. The van der Waals surface area contributed by atoms with E-state index in [1.165, 1.54) is 0 Å². The Morgan fingerprint density at radius 3 is 2.68 bits per heavy atom. The second kappa shape index (κ2) is 7.09. The number of alkyl halides is 1. The smallest absolute Gasteiger partial charge is 0.254 e. The minimum absolute atomic E-state index is 0.0325. The number of carbonyl (C=O) groups excluding carboxylic acids is 1. The molecule has 122 valence electrons. The Labute approximate surface area is 131 Å². The first-order chi connectivity index (χ1) is 10.4. The topological polar surface area (TPSA) is 32.8 Å². The van der Waals surface area contributed by atoms with Crippen LogP contribution in [0.2, 0.25) is 0 Å². The third-order valence-corrected chi connectivity index (χ3v) is 4.26. The Morgan fingerprint density at radius 2 is 2.14 bits per heavy atom. The van der Waals surface area contributed by atoms with Gasteiger partial charge in [-0.2, -0.15) is 0 Å². The van der Waals surface area contributed by atoms with Crippen LogP contribution >= 0.6 is 0 Å². The van der Waals surface area contributed by atoms with Gasteiger partial charge in [-0.15, -0.1) is 0 Å². The van der Waals surface area contributed by atoms with E-state index in [0.29, 0.717) is 36.9 Å². The number of likely N-dealkylation sites (N-methyl/N-ethyl adjacent to an activating group) is 1. The van der Waals surface area contributed by atoms with Gasteiger partial charge in [-0.1, -0.05) is 19.9 Å². The minimum atomic E-state index is -0.716. The second-order valence-corrected chi connectivity index (χ2v) is 6.28. The summed E-state index contributed by atoms with van der Waals surface area (Å²) in [7, 11) is 3.40. The third-order valence-electron chi connectivity index (χ3n) is 4.26. The maximum Gasteiger partial charge on any atom is 0.254 e. The van der Waals surface area contributed by atoms with Crippen LogP contribution in [0.5, 0.6) is 5.75 Å². The fraction of sp³-hybridized carbons (Fsp3) is 0.588. The van der Waals surface area contributed by atoms with Crippen LogP contribution in [0.1, 0.15) is 24.2 Å². The van der Waals surface area contributed by atoms with E-state index in [2.05, 4.69) is 18.7 Å². The van der Waals surface area contributed by atoms with Gasteiger partial charge in [0.25, 0.3) is 5.91 Å². The van der Waals surface area contributed by atoms with Crippen LogP contribution in [0, 0.1) is 5.92 Å². The molecule has 0 spiro atoms. The molecule has 1 atom stereocenters. The molecular weight excluding hydrogens is 283 g/mol. The Hall–Kier alpha value is -1.62. The lowest BCUT2D eigenvalue weighted by molar-refractivity contribution is 0.0277. The van der Waals surface area contributed by atoms with E-state index in [1.807, 2.05) is 19.2 Å². The van der Waals surface area contributed by atoms with Gasteiger partial charge in [0.2, 0.25) is 0 Å². The van der Waals surface area contributed by atoms with Crippen molar-refractivity contribution in [3.63, 3.8) is 0 Å². The van der Waals surface area contributed by atoms with E-state index in [1.54, 1.807) is 24.1 Å². The van der Waals surface area contributed by atoms with E-state index in [4.69, 9.17) is 4.74 Å². The predicted octanol–water partition coefficient (Wildman–Crippen LogP) is 2.45. The highest BCUT2D eigenvalue weighted by atomic mass is 19.1. The monoisotopic (exact) mass is 308 g/mol. The van der Waals surface area contributed by atoms with Crippen LogP contribution in [0.25, 0.3) is 0 Å². The number of methoxy groups -OCH3 is 1. The van der Waals surface area contributed by atoms with Gasteiger partial charge in [0.05, 0.1) is 7.11 Å². The normalized spacial score (nSPS) is 17.2. The molecular formula is C17H25FN2O2. The number of nitrogens with zero attached hydrogens (tertiary/aromatic N) is 2. The number of benzene rings is 1. The van der Waals surface area contributed by atoms with Gasteiger partial charge in [-0.25, -0.2) is 4.39 Å². The van der Waals surface area contributed by atoms with Crippen molar-refractivity contribution < 1.29 is 13.9 Å². The molecule has 1 aromatic carbocycles. The molecule has 1 aromatic rings. The van der Waals surface area contributed by atoms with Crippen molar-refractivity contribution in [1.29, 1.82) is 0 Å². The molecule has 0 N–H and O–H groups in total. The van der Waals surface area contributed by atoms with Crippen molar-refractivity contribution in [2.75, 3.05) is 33.8 Å². The summed E-state index contributed by atoms with van der Waals surface area (Å²) in [5, 5.41) is 0. The van der Waals surface area contributed by atoms with Crippen molar-refractivity contribution in [2.24, 2.45) is 5.92 Å². The first-order valence-electron chi connectivity index (χ1n) is 7.70. The van der Waals surface area contributed by atoms with Gasteiger partial charge < -0.3 is 9.64 Å². The quantitative estimate of drug-likeness (QED) is 0.809. The van der Waals surface area contributed by atoms with Crippen LogP contribution in [0.15, 0.2) is 24.3 Å². The van der Waals surface area contributed by atoms with Crippen molar-refractivity contribution in [3.05, 3.63) is 29.8 Å². The largest absolute Gasteiger partial charge is 0.497 e. The van der Waals surface area contributed by atoms with Crippen molar-refractivity contribution in [3.8, 4) is 5.75 Å². The lowest BCUT2D eigenvalue weighted by Crippen LogP contribution is -2.55. The van der Waals surface area contributed by atoms with Gasteiger partial charge in [0.15, 0.2) is 0 Å². The molecule has 0 saturated carbocycles. The second-order valence-electron chi connectivity index (χ2n) is 6.28. The van der Waals surface area contributed by atoms with E-state index in [9.17, 15) is 9.18 Å². The van der Waals surface area contributed by atoms with Crippen molar-refractivity contribution >= 4 is 5.91 Å². The average molecular weight is 308 g/mol. The number of hydrogen-bond acceptors (Lipinski definition) is 3. The van der Waals surface area contributed by atoms with Crippen LogP contribution in [0.3, 0.4) is 0 Å². The van der Waals surface area contributed by atoms with E-state index >= 15 is 0 Å². The summed E-state index contributed by atoms with van der Waals surface area (Å²) >= 11 is 0. The first-order valence-corrected chi connectivity index (χ1v) is 7.70. The minimum Gasteiger partial charge on any atom is -0.497 e. The SMILES string of the molecule is COc1cccc(C(=O)N(C)C(CN2CC(F)C2)C(C)C)c1. The molecule has 5 heteroatoms. The summed E-state index contributed by atoms with van der Waals surface area (Å²) < 4.78 is 18.2. The summed E-state index contributed by atoms with van der Waals surface area (Å²) in [6, 6.07) is 7.23. The van der Waals surface area contributed by atoms with Gasteiger partial charge in [0, 0.05) is 38.3 Å². The molecule has 1 heterocycles. The molecule has 2 rings (SSSR count). The maximum absolute atomic E-state index is 13.0. The molecule has 0 aliphatic carbocycles. The van der Waals surface area contributed by atoms with E-state index < -0.39 is 6.17 Å². The number of amides is 1. The summed E-state index contributed by atoms with van der Waals surface area (Å²) in [6.45, 7) is 5.85.